The van der Waals surface area contributed by atoms with Crippen molar-refractivity contribution in [1.29, 1.82) is 0 Å². The summed E-state index contributed by atoms with van der Waals surface area (Å²) in [6.45, 7) is 4.99. The molecule has 0 saturated heterocycles. The first-order chi connectivity index (χ1) is 18.1. The van der Waals surface area contributed by atoms with Gasteiger partial charge in [0.15, 0.2) is 0 Å². The Morgan fingerprint density at radius 3 is 1.84 bits per heavy atom. The van der Waals surface area contributed by atoms with E-state index in [0.717, 1.165) is 37.1 Å². The molecule has 2 unspecified atom stereocenters. The van der Waals surface area contributed by atoms with Gasteiger partial charge >= 0.3 is 0 Å². The molecular weight excluding hydrogens is 488 g/mol. The fourth-order valence-electron chi connectivity index (χ4n) is 5.32. The molecule has 2 aromatic rings. The van der Waals surface area contributed by atoms with E-state index in [0.29, 0.717) is 0 Å². The average molecular weight is 539 g/mol. The van der Waals surface area contributed by atoms with Crippen molar-refractivity contribution < 1.29 is 4.48 Å². The predicted octanol–water partition coefficient (Wildman–Crippen LogP) is 6.15. The highest BCUT2D eigenvalue weighted by atomic mass is 31.1. The van der Waals surface area contributed by atoms with Crippen molar-refractivity contribution in [1.82, 2.24) is 0 Å². The molecule has 202 valence electrons. The molecule has 0 heterocycles. The van der Waals surface area contributed by atoms with Crippen molar-refractivity contribution in [2.75, 3.05) is 58.3 Å². The molecule has 0 aliphatic heterocycles. The number of nitrogens with zero attached hydrogens (tertiary/aromatic N) is 1. The second-order valence-electron chi connectivity index (χ2n) is 10.6. The van der Waals surface area contributed by atoms with Crippen LogP contribution in [0.3, 0.4) is 0 Å². The summed E-state index contributed by atoms with van der Waals surface area (Å²) >= 11 is 0. The lowest BCUT2D eigenvalue weighted by Gasteiger charge is -2.34. The number of benzene rings is 2. The Bertz CT molecular complexity index is 892. The van der Waals surface area contributed by atoms with Crippen LogP contribution in [0.4, 0.5) is 0 Å². The molecule has 2 aromatic carbocycles. The Morgan fingerprint density at radius 2 is 1.27 bits per heavy atom. The minimum absolute atomic E-state index is 0.0547. The Morgan fingerprint density at radius 1 is 0.676 bits per heavy atom. The summed E-state index contributed by atoms with van der Waals surface area (Å²) in [4.78, 5) is 0. The van der Waals surface area contributed by atoms with Gasteiger partial charge in [0.05, 0.1) is 26.7 Å². The van der Waals surface area contributed by atoms with Gasteiger partial charge in [-0.25, -0.2) is 0 Å². The molecule has 0 fully saturated rings. The molecule has 1 aliphatic rings. The Kier molecular flexibility index (Phi) is 14.1. The number of nitrogens with two attached hydrogens (primary N) is 2. The van der Waals surface area contributed by atoms with Crippen LogP contribution in [0.1, 0.15) is 44.9 Å². The van der Waals surface area contributed by atoms with Gasteiger partial charge < -0.3 is 16.0 Å². The van der Waals surface area contributed by atoms with Crippen LogP contribution in [-0.2, 0) is 0 Å². The van der Waals surface area contributed by atoms with Gasteiger partial charge in [-0.3, -0.25) is 0 Å². The topological polar surface area (TPSA) is 52.0 Å². The van der Waals surface area contributed by atoms with E-state index in [1.165, 1.54) is 74.2 Å². The highest BCUT2D eigenvalue weighted by Crippen LogP contribution is 2.48. The monoisotopic (exact) mass is 538 g/mol. The van der Waals surface area contributed by atoms with Crippen molar-refractivity contribution >= 4 is 26.5 Å². The Hall–Kier alpha value is -1.34. The quantitative estimate of drug-likeness (QED) is 0.136. The molecular formula is C32H50N3P2+. The molecule has 3 nitrogen and oxygen atoms in total. The lowest BCUT2D eigenvalue weighted by atomic mass is 10.2. The van der Waals surface area contributed by atoms with Crippen molar-refractivity contribution in [2.24, 2.45) is 11.5 Å². The molecule has 5 heteroatoms. The molecule has 2 atom stereocenters. The standard InChI is InChI=1S/C32H50N3P2/c1-35(26-23-34,25-15-22-33)24-11-12-27-36(30-16-5-2-6-17-30)28-13-14-29-37(31-18-7-3-8-19-31)32-20-9-4-10-21-32/h3-5,7-10,16-21H,2,6,11-15,22-29,33-34H2,1H3/q+1. The summed E-state index contributed by atoms with van der Waals surface area (Å²) in [6.07, 6.45) is 20.2. The fraction of sp³-hybridized carbons (Fsp3) is 0.500. The largest absolute Gasteiger partial charge is 0.330 e. The number of hydrogen-bond acceptors (Lipinski definition) is 2. The number of likely N-dealkylation sites (N-methyl/N-ethyl adjacent to an activating group) is 1. The summed E-state index contributed by atoms with van der Waals surface area (Å²) in [5.74, 6) is 0. The van der Waals surface area contributed by atoms with E-state index < -0.39 is 0 Å². The predicted molar refractivity (Wildman–Crippen MR) is 169 cm³/mol. The van der Waals surface area contributed by atoms with Gasteiger partial charge in [0.2, 0.25) is 0 Å². The molecule has 1 aliphatic carbocycles. The van der Waals surface area contributed by atoms with E-state index >= 15 is 0 Å². The third-order valence-corrected chi connectivity index (χ3v) is 12.9. The van der Waals surface area contributed by atoms with E-state index in [9.17, 15) is 0 Å². The summed E-state index contributed by atoms with van der Waals surface area (Å²) in [7, 11) is 2.04. The molecule has 0 amide bonds. The lowest BCUT2D eigenvalue weighted by molar-refractivity contribution is -0.908. The molecule has 3 rings (SSSR count). The maximum Gasteiger partial charge on any atom is 0.0909 e. The van der Waals surface area contributed by atoms with E-state index in [1.54, 1.807) is 5.31 Å². The van der Waals surface area contributed by atoms with Crippen LogP contribution in [0, 0.1) is 0 Å². The number of unbranched alkanes of at least 4 members (excludes halogenated alkanes) is 2. The highest BCUT2D eigenvalue weighted by molar-refractivity contribution is 7.73. The zero-order valence-electron chi connectivity index (χ0n) is 23.1. The fourth-order valence-corrected chi connectivity index (χ4v) is 10.4. The zero-order chi connectivity index (χ0) is 26.2. The Balaban J connectivity index is 1.53. The number of allylic oxidation sites excluding steroid dienone is 4. The number of hydrogen-bond donors (Lipinski definition) is 2. The minimum Gasteiger partial charge on any atom is -0.330 e. The molecule has 0 radical (unpaired) electrons. The smallest absolute Gasteiger partial charge is 0.0909 e. The van der Waals surface area contributed by atoms with Crippen LogP contribution >= 0.6 is 15.8 Å². The van der Waals surface area contributed by atoms with Gasteiger partial charge in [-0.05, 0) is 87.4 Å². The molecule has 0 aromatic heterocycles. The average Bonchev–Trinajstić information content (AvgIpc) is 2.94. The van der Waals surface area contributed by atoms with Crippen LogP contribution in [0.2, 0.25) is 0 Å². The number of quaternary nitrogens is 1. The summed E-state index contributed by atoms with van der Waals surface area (Å²) < 4.78 is 1.08. The van der Waals surface area contributed by atoms with E-state index in [-0.39, 0.29) is 15.8 Å². The normalized spacial score (nSPS) is 15.9. The van der Waals surface area contributed by atoms with Gasteiger partial charge in [-0.1, -0.05) is 86.8 Å². The summed E-state index contributed by atoms with van der Waals surface area (Å²) in [6, 6.07) is 22.4. The van der Waals surface area contributed by atoms with Crippen LogP contribution in [-0.4, -0.2) is 62.7 Å². The van der Waals surface area contributed by atoms with Crippen LogP contribution in [0.15, 0.2) is 84.2 Å². The van der Waals surface area contributed by atoms with Gasteiger partial charge in [-0.15, -0.1) is 0 Å². The Labute approximate surface area is 229 Å². The van der Waals surface area contributed by atoms with Crippen LogP contribution in [0.5, 0.6) is 0 Å². The molecule has 0 bridgehead atoms. The maximum atomic E-state index is 5.94. The van der Waals surface area contributed by atoms with Crippen molar-refractivity contribution in [3.63, 3.8) is 0 Å². The van der Waals surface area contributed by atoms with Crippen molar-refractivity contribution in [2.45, 2.75) is 44.9 Å². The van der Waals surface area contributed by atoms with Gasteiger partial charge in [0, 0.05) is 13.0 Å². The maximum absolute atomic E-state index is 5.94. The van der Waals surface area contributed by atoms with E-state index in [4.69, 9.17) is 11.5 Å². The number of rotatable bonds is 18. The highest BCUT2D eigenvalue weighted by Gasteiger charge is 2.20. The summed E-state index contributed by atoms with van der Waals surface area (Å²) in [5, 5.41) is 4.69. The third-order valence-electron chi connectivity index (χ3n) is 7.48. The second kappa shape index (κ2) is 17.3. The second-order valence-corrected chi connectivity index (χ2v) is 15.4. The first kappa shape index (κ1) is 30.2. The zero-order valence-corrected chi connectivity index (χ0v) is 24.9. The van der Waals surface area contributed by atoms with Gasteiger partial charge in [-0.2, -0.15) is 0 Å². The summed E-state index contributed by atoms with van der Waals surface area (Å²) in [5.41, 5.74) is 11.7. The molecule has 4 N–H and O–H groups in total. The van der Waals surface area contributed by atoms with Crippen LogP contribution < -0.4 is 22.1 Å². The lowest BCUT2D eigenvalue weighted by Crippen LogP contribution is -2.49. The first-order valence-electron chi connectivity index (χ1n) is 14.4. The SMILES string of the molecule is C[N+](CCN)(CCCN)CCCCP(CCCCP(c1ccccc1)c1ccccc1)C1=CCCC=C1. The third kappa shape index (κ3) is 10.7. The first-order valence-corrected chi connectivity index (χ1v) is 17.6. The van der Waals surface area contributed by atoms with Crippen molar-refractivity contribution in [3.05, 3.63) is 84.2 Å². The van der Waals surface area contributed by atoms with Gasteiger partial charge in [0.1, 0.15) is 0 Å². The molecule has 0 spiro atoms. The van der Waals surface area contributed by atoms with Gasteiger partial charge in [0.25, 0.3) is 0 Å². The van der Waals surface area contributed by atoms with E-state index in [1.807, 2.05) is 0 Å². The molecule has 37 heavy (non-hydrogen) atoms. The van der Waals surface area contributed by atoms with Crippen LogP contribution in [0.25, 0.3) is 0 Å². The van der Waals surface area contributed by atoms with Crippen molar-refractivity contribution in [3.8, 4) is 0 Å². The minimum atomic E-state index is -0.275. The molecule has 0 saturated carbocycles. The van der Waals surface area contributed by atoms with E-state index in [2.05, 4.69) is 85.9 Å².